The summed E-state index contributed by atoms with van der Waals surface area (Å²) in [6, 6.07) is 2.68. The summed E-state index contributed by atoms with van der Waals surface area (Å²) in [5, 5.41) is -0.0533. The molecule has 2 amide bonds. The Bertz CT molecular complexity index is 865. The van der Waals surface area contributed by atoms with Crippen molar-refractivity contribution in [3.63, 3.8) is 0 Å². The zero-order chi connectivity index (χ0) is 19.0. The average Bonchev–Trinajstić information content (AvgIpc) is 3.18. The third kappa shape index (κ3) is 2.21. The molecule has 4 rings (SSSR count). The lowest BCUT2D eigenvalue weighted by Gasteiger charge is -2.21. The SMILES string of the molecule is CC(C)=C1C2C=CC1C1C(=O)N(c3cc(C(F)(F)F)ccc3Cl)C(=O)C21. The van der Waals surface area contributed by atoms with Gasteiger partial charge in [-0.1, -0.05) is 34.9 Å². The summed E-state index contributed by atoms with van der Waals surface area (Å²) < 4.78 is 39.1. The lowest BCUT2D eigenvalue weighted by Crippen LogP contribution is -2.33. The fourth-order valence-corrected chi connectivity index (χ4v) is 4.73. The van der Waals surface area contributed by atoms with Crippen molar-refractivity contribution in [1.29, 1.82) is 0 Å². The normalized spacial score (nSPS) is 29.8. The number of halogens is 4. The molecule has 3 nitrogen and oxygen atoms in total. The molecular weight excluding hydrogens is 367 g/mol. The molecule has 7 heteroatoms. The molecule has 1 aromatic carbocycles. The van der Waals surface area contributed by atoms with E-state index in [1.54, 1.807) is 0 Å². The van der Waals surface area contributed by atoms with Crippen LogP contribution in [-0.4, -0.2) is 11.8 Å². The molecule has 4 unspecified atom stereocenters. The minimum absolute atomic E-state index is 0.0533. The van der Waals surface area contributed by atoms with Gasteiger partial charge in [0.25, 0.3) is 0 Å². The quantitative estimate of drug-likeness (QED) is 0.526. The second kappa shape index (κ2) is 5.46. The number of amides is 2. The second-order valence-electron chi connectivity index (χ2n) is 7.12. The zero-order valence-electron chi connectivity index (χ0n) is 14.0. The minimum Gasteiger partial charge on any atom is -0.274 e. The van der Waals surface area contributed by atoms with Gasteiger partial charge in [0, 0.05) is 11.8 Å². The molecule has 1 saturated heterocycles. The third-order valence-corrected chi connectivity index (χ3v) is 5.83. The van der Waals surface area contributed by atoms with Crippen LogP contribution in [0.1, 0.15) is 19.4 Å². The number of allylic oxidation sites excluding steroid dienone is 4. The highest BCUT2D eigenvalue weighted by molar-refractivity contribution is 6.36. The highest BCUT2D eigenvalue weighted by Gasteiger charge is 2.62. The standard InChI is InChI=1S/C19H15ClF3NO2/c1-8(2)14-10-4-5-11(14)16-15(10)17(25)24(18(16)26)13-7-9(19(21,22)23)3-6-12(13)20/h3-7,10-11,15-16H,1-2H3. The summed E-state index contributed by atoms with van der Waals surface area (Å²) in [4.78, 5) is 26.8. The number of fused-ring (bicyclic) bond motifs is 5. The summed E-state index contributed by atoms with van der Waals surface area (Å²) in [6.45, 7) is 3.89. The van der Waals surface area contributed by atoms with Crippen molar-refractivity contribution < 1.29 is 22.8 Å². The minimum atomic E-state index is -4.59. The molecule has 4 atom stereocenters. The molecule has 1 saturated carbocycles. The number of carbonyl (C=O) groups is 2. The van der Waals surface area contributed by atoms with E-state index in [-0.39, 0.29) is 22.5 Å². The number of carbonyl (C=O) groups excluding carboxylic acids is 2. The molecule has 0 spiro atoms. The van der Waals surface area contributed by atoms with E-state index in [2.05, 4.69) is 0 Å². The maximum Gasteiger partial charge on any atom is 0.416 e. The van der Waals surface area contributed by atoms with Crippen LogP contribution in [0.15, 0.2) is 41.5 Å². The molecule has 0 N–H and O–H groups in total. The molecule has 2 fully saturated rings. The molecule has 2 aliphatic carbocycles. The van der Waals surface area contributed by atoms with Gasteiger partial charge in [-0.2, -0.15) is 13.2 Å². The number of anilines is 1. The van der Waals surface area contributed by atoms with Crippen LogP contribution in [0.2, 0.25) is 5.02 Å². The molecule has 26 heavy (non-hydrogen) atoms. The van der Waals surface area contributed by atoms with E-state index in [1.807, 2.05) is 26.0 Å². The summed E-state index contributed by atoms with van der Waals surface area (Å²) in [5.74, 6) is -2.41. The number of hydrogen-bond acceptors (Lipinski definition) is 2. The van der Waals surface area contributed by atoms with Crippen molar-refractivity contribution >= 4 is 29.1 Å². The van der Waals surface area contributed by atoms with Crippen LogP contribution in [0.25, 0.3) is 0 Å². The molecule has 1 aromatic rings. The Kier molecular flexibility index (Phi) is 3.64. The lowest BCUT2D eigenvalue weighted by atomic mass is 9.85. The first-order chi connectivity index (χ1) is 12.1. The van der Waals surface area contributed by atoms with Crippen LogP contribution in [0, 0.1) is 23.7 Å². The van der Waals surface area contributed by atoms with Crippen molar-refractivity contribution in [3.8, 4) is 0 Å². The van der Waals surface area contributed by atoms with Gasteiger partial charge in [-0.3, -0.25) is 9.59 Å². The Morgan fingerprint density at radius 1 is 1.04 bits per heavy atom. The van der Waals surface area contributed by atoms with Gasteiger partial charge in [0.2, 0.25) is 11.8 Å². The molecule has 136 valence electrons. The Labute approximate surface area is 153 Å². The van der Waals surface area contributed by atoms with Gasteiger partial charge < -0.3 is 0 Å². The van der Waals surface area contributed by atoms with Crippen molar-refractivity contribution in [2.45, 2.75) is 20.0 Å². The molecule has 1 heterocycles. The maximum absolute atomic E-state index is 13.0. The van der Waals surface area contributed by atoms with Crippen LogP contribution in [0.3, 0.4) is 0 Å². The first kappa shape index (κ1) is 17.3. The first-order valence-electron chi connectivity index (χ1n) is 8.23. The van der Waals surface area contributed by atoms with E-state index in [1.165, 1.54) is 0 Å². The first-order valence-corrected chi connectivity index (χ1v) is 8.61. The van der Waals surface area contributed by atoms with Crippen LogP contribution in [-0.2, 0) is 15.8 Å². The molecule has 1 aliphatic heterocycles. The van der Waals surface area contributed by atoms with E-state index in [0.29, 0.717) is 0 Å². The molecule has 3 aliphatic rings. The van der Waals surface area contributed by atoms with E-state index >= 15 is 0 Å². The molecular formula is C19H15ClF3NO2. The second-order valence-corrected chi connectivity index (χ2v) is 7.53. The van der Waals surface area contributed by atoms with Crippen LogP contribution >= 0.6 is 11.6 Å². The van der Waals surface area contributed by atoms with Crippen molar-refractivity contribution in [3.05, 3.63) is 52.1 Å². The van der Waals surface area contributed by atoms with Gasteiger partial charge in [0.1, 0.15) is 0 Å². The Balaban J connectivity index is 1.78. The Hall–Kier alpha value is -2.08. The number of imide groups is 1. The lowest BCUT2D eigenvalue weighted by molar-refractivity contribution is -0.137. The number of benzene rings is 1. The molecule has 0 aromatic heterocycles. The molecule has 0 radical (unpaired) electrons. The largest absolute Gasteiger partial charge is 0.416 e. The van der Waals surface area contributed by atoms with Crippen LogP contribution in [0.4, 0.5) is 18.9 Å². The highest BCUT2D eigenvalue weighted by Crippen LogP contribution is 2.57. The van der Waals surface area contributed by atoms with Gasteiger partial charge in [0.05, 0.1) is 28.1 Å². The fourth-order valence-electron chi connectivity index (χ4n) is 4.53. The van der Waals surface area contributed by atoms with Crippen LogP contribution in [0.5, 0.6) is 0 Å². The van der Waals surface area contributed by atoms with E-state index in [0.717, 1.165) is 34.2 Å². The summed E-state index contributed by atoms with van der Waals surface area (Å²) in [5.41, 5.74) is 1.02. The zero-order valence-corrected chi connectivity index (χ0v) is 14.7. The van der Waals surface area contributed by atoms with Gasteiger partial charge in [-0.25, -0.2) is 4.90 Å². The van der Waals surface area contributed by atoms with Gasteiger partial charge in [-0.05, 0) is 32.0 Å². The van der Waals surface area contributed by atoms with Crippen molar-refractivity contribution in [1.82, 2.24) is 0 Å². The van der Waals surface area contributed by atoms with Gasteiger partial charge in [0.15, 0.2) is 0 Å². The van der Waals surface area contributed by atoms with Crippen molar-refractivity contribution in [2.75, 3.05) is 4.90 Å². The van der Waals surface area contributed by atoms with E-state index in [9.17, 15) is 22.8 Å². The number of alkyl halides is 3. The number of nitrogens with zero attached hydrogens (tertiary/aromatic N) is 1. The summed E-state index contributed by atoms with van der Waals surface area (Å²) in [6.07, 6.45) is -0.732. The monoisotopic (exact) mass is 381 g/mol. The van der Waals surface area contributed by atoms with Crippen LogP contribution < -0.4 is 4.90 Å². The van der Waals surface area contributed by atoms with E-state index < -0.39 is 35.4 Å². The topological polar surface area (TPSA) is 37.4 Å². The number of rotatable bonds is 1. The summed E-state index contributed by atoms with van der Waals surface area (Å²) in [7, 11) is 0. The fraction of sp³-hybridized carbons (Fsp3) is 0.368. The van der Waals surface area contributed by atoms with E-state index in [4.69, 9.17) is 11.6 Å². The van der Waals surface area contributed by atoms with Gasteiger partial charge in [-0.15, -0.1) is 0 Å². The highest BCUT2D eigenvalue weighted by atomic mass is 35.5. The van der Waals surface area contributed by atoms with Gasteiger partial charge >= 0.3 is 6.18 Å². The predicted molar refractivity (Wildman–Crippen MR) is 90.4 cm³/mol. The smallest absolute Gasteiger partial charge is 0.274 e. The Morgan fingerprint density at radius 2 is 1.58 bits per heavy atom. The van der Waals surface area contributed by atoms with Crippen molar-refractivity contribution in [2.24, 2.45) is 23.7 Å². The molecule has 2 bridgehead atoms. The number of hydrogen-bond donors (Lipinski definition) is 0. The maximum atomic E-state index is 13.0. The Morgan fingerprint density at radius 3 is 2.04 bits per heavy atom. The summed E-state index contributed by atoms with van der Waals surface area (Å²) >= 11 is 6.04. The predicted octanol–water partition coefficient (Wildman–Crippen LogP) is 4.62. The average molecular weight is 382 g/mol. The third-order valence-electron chi connectivity index (χ3n) is 5.51.